The van der Waals surface area contributed by atoms with Crippen LogP contribution in [0.5, 0.6) is 0 Å². The fourth-order valence-corrected chi connectivity index (χ4v) is 2.66. The van der Waals surface area contributed by atoms with Gasteiger partial charge in [0.2, 0.25) is 0 Å². The highest BCUT2D eigenvalue weighted by Gasteiger charge is 2.26. The van der Waals surface area contributed by atoms with Crippen LogP contribution in [0.3, 0.4) is 0 Å². The Morgan fingerprint density at radius 2 is 2.04 bits per heavy atom. The van der Waals surface area contributed by atoms with Gasteiger partial charge in [-0.25, -0.2) is 9.78 Å². The second kappa shape index (κ2) is 9.19. The smallest absolute Gasteiger partial charge is 0.404 e. The zero-order valence-electron chi connectivity index (χ0n) is 14.5. The van der Waals surface area contributed by atoms with Crippen molar-refractivity contribution < 1.29 is 19.7 Å². The summed E-state index contributed by atoms with van der Waals surface area (Å²) in [6.45, 7) is 4.62. The van der Waals surface area contributed by atoms with Gasteiger partial charge in [0.25, 0.3) is 0 Å². The van der Waals surface area contributed by atoms with Crippen LogP contribution in [0.15, 0.2) is 42.9 Å². The summed E-state index contributed by atoms with van der Waals surface area (Å²) >= 11 is 0. The van der Waals surface area contributed by atoms with Gasteiger partial charge in [0.05, 0.1) is 30.9 Å². The molecule has 136 valence electrons. The van der Waals surface area contributed by atoms with Crippen molar-refractivity contribution in [2.24, 2.45) is 5.92 Å². The summed E-state index contributed by atoms with van der Waals surface area (Å²) in [6.07, 6.45) is 1.46. The predicted octanol–water partition coefficient (Wildman–Crippen LogP) is 2.77. The van der Waals surface area contributed by atoms with Crippen molar-refractivity contribution in [1.29, 1.82) is 0 Å². The van der Waals surface area contributed by atoms with Crippen LogP contribution in [-0.4, -0.2) is 31.9 Å². The van der Waals surface area contributed by atoms with Gasteiger partial charge in [-0.3, -0.25) is 0 Å². The largest absolute Gasteiger partial charge is 0.465 e. The molecule has 2 aromatic rings. The molecular weight excluding hydrogens is 322 g/mol. The van der Waals surface area contributed by atoms with Crippen molar-refractivity contribution in [1.82, 2.24) is 14.9 Å². The standard InChI is InChI=1S/C18H25N3O4/c1-13(2)8-15(20-18(23)24)17(22)16-9-19-11-21(16)12-25-10-14-6-4-3-5-7-14/h3-7,9,11,13,15,17,20,22H,8,10,12H2,1-2H3,(H,23,24). The summed E-state index contributed by atoms with van der Waals surface area (Å²) in [5.41, 5.74) is 1.57. The highest BCUT2D eigenvalue weighted by Crippen LogP contribution is 2.22. The summed E-state index contributed by atoms with van der Waals surface area (Å²) in [5.74, 6) is 0.234. The van der Waals surface area contributed by atoms with Crippen LogP contribution in [0, 0.1) is 5.92 Å². The highest BCUT2D eigenvalue weighted by atomic mass is 16.5. The normalized spacial score (nSPS) is 13.6. The number of nitrogens with one attached hydrogen (secondary N) is 1. The number of amides is 1. The van der Waals surface area contributed by atoms with Crippen molar-refractivity contribution in [3.05, 3.63) is 54.1 Å². The van der Waals surface area contributed by atoms with Crippen molar-refractivity contribution in [2.45, 2.75) is 45.8 Å². The summed E-state index contributed by atoms with van der Waals surface area (Å²) < 4.78 is 7.36. The first-order chi connectivity index (χ1) is 12.0. The molecule has 0 aliphatic carbocycles. The van der Waals surface area contributed by atoms with Crippen molar-refractivity contribution in [2.75, 3.05) is 0 Å². The number of benzene rings is 1. The SMILES string of the molecule is CC(C)CC(NC(=O)O)C(O)c1cncn1COCc1ccccc1. The maximum atomic E-state index is 11.0. The minimum atomic E-state index is -1.16. The van der Waals surface area contributed by atoms with Crippen molar-refractivity contribution in [3.63, 3.8) is 0 Å². The van der Waals surface area contributed by atoms with E-state index in [1.54, 1.807) is 10.9 Å². The third-order valence-corrected chi connectivity index (χ3v) is 3.80. The van der Waals surface area contributed by atoms with Gasteiger partial charge in [-0.1, -0.05) is 44.2 Å². The highest BCUT2D eigenvalue weighted by molar-refractivity contribution is 5.65. The zero-order valence-corrected chi connectivity index (χ0v) is 14.5. The molecule has 1 amide bonds. The number of rotatable bonds is 9. The first kappa shape index (κ1) is 19.0. The Morgan fingerprint density at radius 3 is 2.68 bits per heavy atom. The Labute approximate surface area is 147 Å². The maximum absolute atomic E-state index is 11.0. The fraction of sp³-hybridized carbons (Fsp3) is 0.444. The number of aliphatic hydroxyl groups is 1. The summed E-state index contributed by atoms with van der Waals surface area (Å²) in [7, 11) is 0. The molecule has 1 aromatic heterocycles. The number of hydrogen-bond acceptors (Lipinski definition) is 4. The minimum absolute atomic E-state index is 0.225. The third-order valence-electron chi connectivity index (χ3n) is 3.80. The van der Waals surface area contributed by atoms with Gasteiger partial charge >= 0.3 is 6.09 Å². The minimum Gasteiger partial charge on any atom is -0.465 e. The van der Waals surface area contributed by atoms with E-state index in [1.807, 2.05) is 44.2 Å². The average molecular weight is 347 g/mol. The number of aromatic nitrogens is 2. The lowest BCUT2D eigenvalue weighted by molar-refractivity contribution is 0.0498. The molecule has 0 aliphatic heterocycles. The van der Waals surface area contributed by atoms with E-state index in [1.165, 1.54) is 6.20 Å². The van der Waals surface area contributed by atoms with Crippen LogP contribution in [-0.2, 0) is 18.1 Å². The lowest BCUT2D eigenvalue weighted by Gasteiger charge is -2.25. The van der Waals surface area contributed by atoms with E-state index in [-0.39, 0.29) is 12.6 Å². The molecule has 2 unspecified atom stereocenters. The predicted molar refractivity (Wildman–Crippen MR) is 92.8 cm³/mol. The molecule has 7 nitrogen and oxygen atoms in total. The van der Waals surface area contributed by atoms with Crippen LogP contribution in [0.1, 0.15) is 37.6 Å². The summed E-state index contributed by atoms with van der Waals surface area (Å²) in [4.78, 5) is 15.1. The van der Waals surface area contributed by atoms with Gasteiger partial charge < -0.3 is 24.8 Å². The Balaban J connectivity index is 2.01. The van der Waals surface area contributed by atoms with Crippen LogP contribution >= 0.6 is 0 Å². The van der Waals surface area contributed by atoms with E-state index in [9.17, 15) is 9.90 Å². The van der Waals surface area contributed by atoms with E-state index in [2.05, 4.69) is 10.3 Å². The third kappa shape index (κ3) is 5.88. The average Bonchev–Trinajstić information content (AvgIpc) is 3.02. The first-order valence-electron chi connectivity index (χ1n) is 8.26. The number of carboxylic acid groups (broad SMARTS) is 1. The Morgan fingerprint density at radius 1 is 1.32 bits per heavy atom. The number of nitrogens with zero attached hydrogens (tertiary/aromatic N) is 2. The number of imidazole rings is 1. The monoisotopic (exact) mass is 347 g/mol. The van der Waals surface area contributed by atoms with E-state index in [0.29, 0.717) is 18.7 Å². The van der Waals surface area contributed by atoms with Crippen molar-refractivity contribution >= 4 is 6.09 Å². The zero-order chi connectivity index (χ0) is 18.2. The van der Waals surface area contributed by atoms with Crippen LogP contribution < -0.4 is 5.32 Å². The molecule has 0 fully saturated rings. The van der Waals surface area contributed by atoms with Gasteiger partial charge in [-0.2, -0.15) is 0 Å². The Hall–Kier alpha value is -2.38. The molecule has 3 N–H and O–H groups in total. The second-order valence-corrected chi connectivity index (χ2v) is 6.38. The van der Waals surface area contributed by atoms with Crippen LogP contribution in [0.4, 0.5) is 4.79 Å². The Bertz CT molecular complexity index is 657. The van der Waals surface area contributed by atoms with Gasteiger partial charge in [-0.05, 0) is 17.9 Å². The summed E-state index contributed by atoms with van der Waals surface area (Å²) in [6, 6.07) is 9.16. The maximum Gasteiger partial charge on any atom is 0.404 e. The van der Waals surface area contributed by atoms with E-state index in [4.69, 9.17) is 9.84 Å². The molecule has 0 aliphatic rings. The Kier molecular flexibility index (Phi) is 6.97. The van der Waals surface area contributed by atoms with Gasteiger partial charge in [0.15, 0.2) is 0 Å². The lowest BCUT2D eigenvalue weighted by Crippen LogP contribution is -2.40. The molecule has 25 heavy (non-hydrogen) atoms. The molecule has 2 atom stereocenters. The number of ether oxygens (including phenoxy) is 1. The molecule has 7 heteroatoms. The number of carbonyl (C=O) groups is 1. The molecule has 0 saturated heterocycles. The van der Waals surface area contributed by atoms with Crippen molar-refractivity contribution in [3.8, 4) is 0 Å². The first-order valence-corrected chi connectivity index (χ1v) is 8.26. The van der Waals surface area contributed by atoms with Crippen LogP contribution in [0.25, 0.3) is 0 Å². The number of aliphatic hydroxyl groups excluding tert-OH is 1. The van der Waals surface area contributed by atoms with Gasteiger partial charge in [-0.15, -0.1) is 0 Å². The molecule has 0 bridgehead atoms. The molecule has 1 aromatic carbocycles. The summed E-state index contributed by atoms with van der Waals surface area (Å²) in [5, 5.41) is 22.0. The quantitative estimate of drug-likeness (QED) is 0.648. The number of hydrogen-bond donors (Lipinski definition) is 3. The molecule has 0 radical (unpaired) electrons. The topological polar surface area (TPSA) is 96.6 Å². The van der Waals surface area contributed by atoms with E-state index < -0.39 is 18.2 Å². The van der Waals surface area contributed by atoms with Gasteiger partial charge in [0.1, 0.15) is 12.8 Å². The molecule has 1 heterocycles. The molecule has 0 saturated carbocycles. The second-order valence-electron chi connectivity index (χ2n) is 6.38. The van der Waals surface area contributed by atoms with Gasteiger partial charge in [0, 0.05) is 0 Å². The van der Waals surface area contributed by atoms with Crippen LogP contribution in [0.2, 0.25) is 0 Å². The fourth-order valence-electron chi connectivity index (χ4n) is 2.66. The lowest BCUT2D eigenvalue weighted by atomic mass is 9.97. The molecule has 2 rings (SSSR count). The van der Waals surface area contributed by atoms with E-state index >= 15 is 0 Å². The molecule has 0 spiro atoms. The van der Waals surface area contributed by atoms with E-state index in [0.717, 1.165) is 5.56 Å². The molecular formula is C18H25N3O4.